The Kier molecular flexibility index (Phi) is 7.87. The first kappa shape index (κ1) is 24.6. The SMILES string of the molecule is COc1cc(/C=C2\SC(=S)N(c3ccc(F)cc3)C2=O)cc(Br)c1OCC(=O)N1CCOCC1. The summed E-state index contributed by atoms with van der Waals surface area (Å²) in [5.74, 6) is -0.0286. The summed E-state index contributed by atoms with van der Waals surface area (Å²) in [5, 5.41) is 0. The van der Waals surface area contributed by atoms with Crippen molar-refractivity contribution in [3.05, 3.63) is 57.2 Å². The molecule has 2 aromatic carbocycles. The van der Waals surface area contributed by atoms with Crippen LogP contribution in [0.25, 0.3) is 6.08 Å². The van der Waals surface area contributed by atoms with Crippen molar-refractivity contribution in [1.29, 1.82) is 0 Å². The third-order valence-corrected chi connectivity index (χ3v) is 7.02. The van der Waals surface area contributed by atoms with E-state index in [4.69, 9.17) is 26.4 Å². The Labute approximate surface area is 213 Å². The molecule has 0 radical (unpaired) electrons. The lowest BCUT2D eigenvalue weighted by Crippen LogP contribution is -2.43. The van der Waals surface area contributed by atoms with Gasteiger partial charge < -0.3 is 19.1 Å². The van der Waals surface area contributed by atoms with E-state index in [1.54, 1.807) is 23.1 Å². The number of amides is 2. The lowest BCUT2D eigenvalue weighted by Gasteiger charge is -2.27. The van der Waals surface area contributed by atoms with Gasteiger partial charge in [0.1, 0.15) is 5.82 Å². The first-order chi connectivity index (χ1) is 16.4. The van der Waals surface area contributed by atoms with Gasteiger partial charge >= 0.3 is 0 Å². The Morgan fingerprint density at radius 3 is 2.65 bits per heavy atom. The largest absolute Gasteiger partial charge is 0.493 e. The minimum atomic E-state index is -0.393. The third-order valence-electron chi connectivity index (χ3n) is 5.13. The molecule has 2 aromatic rings. The molecule has 0 aromatic heterocycles. The molecule has 2 saturated heterocycles. The smallest absolute Gasteiger partial charge is 0.270 e. The van der Waals surface area contributed by atoms with Crippen LogP contribution in [0.4, 0.5) is 10.1 Å². The summed E-state index contributed by atoms with van der Waals surface area (Å²) in [5.41, 5.74) is 1.18. The summed E-state index contributed by atoms with van der Waals surface area (Å²) in [4.78, 5) is 28.9. The topological polar surface area (TPSA) is 68.3 Å². The van der Waals surface area contributed by atoms with E-state index in [1.165, 1.54) is 36.3 Å². The van der Waals surface area contributed by atoms with Crippen molar-refractivity contribution in [2.75, 3.05) is 44.9 Å². The fourth-order valence-corrected chi connectivity index (χ4v) is 5.31. The van der Waals surface area contributed by atoms with E-state index in [0.29, 0.717) is 62.8 Å². The summed E-state index contributed by atoms with van der Waals surface area (Å²) in [6.07, 6.45) is 1.69. The van der Waals surface area contributed by atoms with Crippen LogP contribution in [0, 0.1) is 5.82 Å². The standard InChI is InChI=1S/C23H20BrFN2O5S2/c1-30-18-11-14(10-17(24)21(18)32-13-20(28)26-6-8-31-9-7-26)12-19-22(29)27(23(33)34-19)16-4-2-15(25)3-5-16/h2-5,10-12H,6-9,13H2,1H3/b19-12-. The number of benzene rings is 2. The van der Waals surface area contributed by atoms with E-state index in [-0.39, 0.29) is 18.4 Å². The molecule has 2 amide bonds. The first-order valence-electron chi connectivity index (χ1n) is 10.3. The highest BCUT2D eigenvalue weighted by atomic mass is 79.9. The molecule has 178 valence electrons. The number of methoxy groups -OCH3 is 1. The Hall–Kier alpha value is -2.47. The summed E-state index contributed by atoms with van der Waals surface area (Å²) in [7, 11) is 1.50. The molecule has 0 atom stereocenters. The molecule has 0 bridgehead atoms. The predicted molar refractivity (Wildman–Crippen MR) is 136 cm³/mol. The summed E-state index contributed by atoms with van der Waals surface area (Å²) < 4.78 is 30.7. The maximum absolute atomic E-state index is 13.3. The molecule has 34 heavy (non-hydrogen) atoms. The average Bonchev–Trinajstić information content (AvgIpc) is 3.11. The van der Waals surface area contributed by atoms with E-state index < -0.39 is 5.82 Å². The van der Waals surface area contributed by atoms with Crippen LogP contribution in [0.3, 0.4) is 0 Å². The Morgan fingerprint density at radius 2 is 1.97 bits per heavy atom. The molecular weight excluding hydrogens is 547 g/mol. The van der Waals surface area contributed by atoms with Crippen molar-refractivity contribution in [3.8, 4) is 11.5 Å². The second-order valence-corrected chi connectivity index (χ2v) is 9.84. The van der Waals surface area contributed by atoms with Crippen LogP contribution in [0.2, 0.25) is 0 Å². The summed E-state index contributed by atoms with van der Waals surface area (Å²) in [6.45, 7) is 1.97. The van der Waals surface area contributed by atoms with Gasteiger partial charge in [0.2, 0.25) is 0 Å². The minimum absolute atomic E-state index is 0.134. The third kappa shape index (κ3) is 5.43. The second kappa shape index (κ2) is 10.9. The van der Waals surface area contributed by atoms with Gasteiger partial charge in [0.25, 0.3) is 11.8 Å². The molecular formula is C23H20BrFN2O5S2. The number of morpholine rings is 1. The van der Waals surface area contributed by atoms with Crippen molar-refractivity contribution in [3.63, 3.8) is 0 Å². The molecule has 0 N–H and O–H groups in total. The summed E-state index contributed by atoms with van der Waals surface area (Å²) >= 11 is 10.00. The lowest BCUT2D eigenvalue weighted by molar-refractivity contribution is -0.137. The van der Waals surface area contributed by atoms with Crippen molar-refractivity contribution in [1.82, 2.24) is 4.90 Å². The maximum atomic E-state index is 13.3. The fraction of sp³-hybridized carbons (Fsp3) is 0.261. The monoisotopic (exact) mass is 566 g/mol. The van der Waals surface area contributed by atoms with Gasteiger partial charge in [-0.15, -0.1) is 0 Å². The molecule has 2 fully saturated rings. The molecule has 7 nitrogen and oxygen atoms in total. The van der Waals surface area contributed by atoms with Gasteiger partial charge in [-0.2, -0.15) is 0 Å². The number of halogens is 2. The van der Waals surface area contributed by atoms with E-state index in [2.05, 4.69) is 15.9 Å². The highest BCUT2D eigenvalue weighted by Crippen LogP contribution is 2.40. The highest BCUT2D eigenvalue weighted by molar-refractivity contribution is 9.10. The summed E-state index contributed by atoms with van der Waals surface area (Å²) in [6, 6.07) is 9.05. The quantitative estimate of drug-likeness (QED) is 0.382. The number of carbonyl (C=O) groups excluding carboxylic acids is 2. The van der Waals surface area contributed by atoms with Crippen molar-refractivity contribution < 1.29 is 28.2 Å². The fourth-order valence-electron chi connectivity index (χ4n) is 3.43. The van der Waals surface area contributed by atoms with Crippen molar-refractivity contribution >= 4 is 67.8 Å². The van der Waals surface area contributed by atoms with Crippen LogP contribution in [0.5, 0.6) is 11.5 Å². The predicted octanol–water partition coefficient (Wildman–Crippen LogP) is 4.24. The molecule has 2 aliphatic rings. The van der Waals surface area contributed by atoms with Crippen LogP contribution in [0.1, 0.15) is 5.56 Å². The number of carbonyl (C=O) groups is 2. The number of anilines is 1. The van der Waals surface area contributed by atoms with E-state index in [0.717, 1.165) is 11.8 Å². The Bertz CT molecular complexity index is 1150. The van der Waals surface area contributed by atoms with Crippen molar-refractivity contribution in [2.24, 2.45) is 0 Å². The zero-order valence-corrected chi connectivity index (χ0v) is 21.3. The van der Waals surface area contributed by atoms with E-state index >= 15 is 0 Å². The molecule has 0 unspecified atom stereocenters. The molecule has 2 heterocycles. The Balaban J connectivity index is 1.52. The van der Waals surface area contributed by atoms with Gasteiger partial charge in [-0.1, -0.05) is 24.0 Å². The Morgan fingerprint density at radius 1 is 1.26 bits per heavy atom. The molecule has 0 aliphatic carbocycles. The van der Waals surface area contributed by atoms with Crippen LogP contribution < -0.4 is 14.4 Å². The van der Waals surface area contributed by atoms with Crippen LogP contribution in [0.15, 0.2) is 45.8 Å². The number of hydrogen-bond acceptors (Lipinski definition) is 7. The lowest BCUT2D eigenvalue weighted by atomic mass is 10.1. The number of thioether (sulfide) groups is 1. The van der Waals surface area contributed by atoms with Gasteiger partial charge in [-0.3, -0.25) is 14.5 Å². The first-order valence-corrected chi connectivity index (χ1v) is 12.3. The van der Waals surface area contributed by atoms with Crippen molar-refractivity contribution in [2.45, 2.75) is 0 Å². The van der Waals surface area contributed by atoms with Crippen LogP contribution >= 0.6 is 39.9 Å². The molecule has 2 aliphatic heterocycles. The molecule has 4 rings (SSSR count). The van der Waals surface area contributed by atoms with Gasteiger partial charge in [0, 0.05) is 13.1 Å². The number of hydrogen-bond donors (Lipinski definition) is 0. The average molecular weight is 567 g/mol. The number of rotatable bonds is 6. The zero-order valence-electron chi connectivity index (χ0n) is 18.1. The van der Waals surface area contributed by atoms with Gasteiger partial charge in [0.05, 0.1) is 35.4 Å². The van der Waals surface area contributed by atoms with Gasteiger partial charge in [-0.05, 0) is 64.0 Å². The van der Waals surface area contributed by atoms with Crippen LogP contribution in [-0.4, -0.2) is 61.1 Å². The minimum Gasteiger partial charge on any atom is -0.493 e. The molecule has 0 saturated carbocycles. The van der Waals surface area contributed by atoms with E-state index in [1.807, 2.05) is 0 Å². The number of thiocarbonyl (C=S) groups is 1. The second-order valence-electron chi connectivity index (χ2n) is 7.31. The number of nitrogens with zero attached hydrogens (tertiary/aromatic N) is 2. The van der Waals surface area contributed by atoms with Gasteiger partial charge in [-0.25, -0.2) is 4.39 Å². The van der Waals surface area contributed by atoms with Gasteiger partial charge in [0.15, 0.2) is 22.4 Å². The normalized spacial score (nSPS) is 17.4. The van der Waals surface area contributed by atoms with E-state index in [9.17, 15) is 14.0 Å². The highest BCUT2D eigenvalue weighted by Gasteiger charge is 2.33. The molecule has 0 spiro atoms. The molecule has 11 heteroatoms. The zero-order chi connectivity index (χ0) is 24.2. The maximum Gasteiger partial charge on any atom is 0.270 e. The van der Waals surface area contributed by atoms with Crippen LogP contribution in [-0.2, 0) is 14.3 Å². The number of ether oxygens (including phenoxy) is 3.